The van der Waals surface area contributed by atoms with E-state index in [0.29, 0.717) is 13.0 Å². The second kappa shape index (κ2) is 5.29. The number of likely N-dealkylation sites (tertiary alicyclic amines) is 1. The predicted octanol–water partition coefficient (Wildman–Crippen LogP) is 2.04. The molecule has 1 aromatic heterocycles. The summed E-state index contributed by atoms with van der Waals surface area (Å²) in [7, 11) is 0. The third-order valence-corrected chi connectivity index (χ3v) is 4.33. The Labute approximate surface area is 107 Å². The van der Waals surface area contributed by atoms with E-state index in [1.807, 2.05) is 12.1 Å². The Morgan fingerprint density at radius 1 is 1.62 bits per heavy atom. The summed E-state index contributed by atoms with van der Waals surface area (Å²) in [6, 6.07) is 3.92. The molecule has 1 N–H and O–H groups in total. The minimum atomic E-state index is -0.340. The molecule has 0 aromatic carbocycles. The molecule has 1 atom stereocenters. The van der Waals surface area contributed by atoms with E-state index >= 15 is 0 Å². The van der Waals surface area contributed by atoms with E-state index in [-0.39, 0.29) is 12.0 Å². The fourth-order valence-corrected chi connectivity index (χ4v) is 3.36. The maximum absolute atomic E-state index is 11.9. The van der Waals surface area contributed by atoms with Gasteiger partial charge in [-0.15, -0.1) is 11.3 Å². The van der Waals surface area contributed by atoms with Crippen LogP contribution >= 0.6 is 27.3 Å². The summed E-state index contributed by atoms with van der Waals surface area (Å²) < 4.78 is 1.05. The van der Waals surface area contributed by atoms with Crippen molar-refractivity contribution in [3.63, 3.8) is 0 Å². The number of aliphatic hydroxyl groups is 1. The lowest BCUT2D eigenvalue weighted by Crippen LogP contribution is -2.42. The van der Waals surface area contributed by atoms with Gasteiger partial charge < -0.3 is 10.0 Å². The molecule has 1 aromatic rings. The Kier molecular flexibility index (Phi) is 4.00. The third-order valence-electron chi connectivity index (χ3n) is 2.70. The quantitative estimate of drug-likeness (QED) is 0.908. The van der Waals surface area contributed by atoms with Gasteiger partial charge in [0.1, 0.15) is 0 Å². The van der Waals surface area contributed by atoms with E-state index in [2.05, 4.69) is 15.9 Å². The average molecular weight is 304 g/mol. The highest BCUT2D eigenvalue weighted by atomic mass is 79.9. The van der Waals surface area contributed by atoms with Crippen molar-refractivity contribution in [1.29, 1.82) is 0 Å². The van der Waals surface area contributed by atoms with Gasteiger partial charge in [0.2, 0.25) is 5.91 Å². The lowest BCUT2D eigenvalue weighted by atomic mass is 10.1. The molecule has 3 nitrogen and oxygen atoms in total. The number of carbonyl (C=O) groups excluding carboxylic acids is 1. The second-order valence-electron chi connectivity index (χ2n) is 4.02. The lowest BCUT2D eigenvalue weighted by molar-refractivity contribution is -0.133. The van der Waals surface area contributed by atoms with Crippen LogP contribution in [0.1, 0.15) is 17.7 Å². The van der Waals surface area contributed by atoms with Gasteiger partial charge in [-0.1, -0.05) is 0 Å². The molecule has 0 bridgehead atoms. The molecule has 5 heteroatoms. The van der Waals surface area contributed by atoms with E-state index in [4.69, 9.17) is 0 Å². The summed E-state index contributed by atoms with van der Waals surface area (Å²) in [4.78, 5) is 14.8. The first-order chi connectivity index (χ1) is 7.65. The van der Waals surface area contributed by atoms with Crippen LogP contribution < -0.4 is 0 Å². The first-order valence-electron chi connectivity index (χ1n) is 5.35. The highest BCUT2D eigenvalue weighted by Gasteiger charge is 2.22. The standard InChI is InChI=1S/C11H14BrNO2S/c12-10-4-3-9(16-10)6-11(15)13-5-1-2-8(14)7-13/h3-4,8,14H,1-2,5-7H2. The Balaban J connectivity index is 1.92. The van der Waals surface area contributed by atoms with Crippen molar-refractivity contribution in [1.82, 2.24) is 4.90 Å². The zero-order valence-corrected chi connectivity index (χ0v) is 11.3. The molecule has 0 spiro atoms. The number of thiophene rings is 1. The maximum Gasteiger partial charge on any atom is 0.227 e. The van der Waals surface area contributed by atoms with Crippen LogP contribution in [0.5, 0.6) is 0 Å². The molecule has 88 valence electrons. The van der Waals surface area contributed by atoms with Gasteiger partial charge in [-0.2, -0.15) is 0 Å². The number of carbonyl (C=O) groups is 1. The number of rotatable bonds is 2. The van der Waals surface area contributed by atoms with Gasteiger partial charge in [-0.05, 0) is 40.9 Å². The van der Waals surface area contributed by atoms with Crippen LogP contribution in [0.4, 0.5) is 0 Å². The molecule has 1 aliphatic rings. The lowest BCUT2D eigenvalue weighted by Gasteiger charge is -2.30. The van der Waals surface area contributed by atoms with Crippen molar-refractivity contribution in [2.45, 2.75) is 25.4 Å². The molecule has 1 unspecified atom stereocenters. The van der Waals surface area contributed by atoms with Gasteiger partial charge in [0, 0.05) is 18.0 Å². The average Bonchev–Trinajstić information content (AvgIpc) is 2.64. The minimum absolute atomic E-state index is 0.119. The van der Waals surface area contributed by atoms with Gasteiger partial charge in [-0.3, -0.25) is 4.79 Å². The smallest absolute Gasteiger partial charge is 0.227 e. The Bertz CT molecular complexity index is 380. The van der Waals surface area contributed by atoms with Crippen molar-refractivity contribution in [3.8, 4) is 0 Å². The summed E-state index contributed by atoms with van der Waals surface area (Å²) in [5.41, 5.74) is 0. The first-order valence-corrected chi connectivity index (χ1v) is 6.96. The number of aliphatic hydroxyl groups excluding tert-OH is 1. The Morgan fingerprint density at radius 3 is 3.06 bits per heavy atom. The molecule has 0 radical (unpaired) electrons. The van der Waals surface area contributed by atoms with E-state index in [1.54, 1.807) is 16.2 Å². The highest BCUT2D eigenvalue weighted by molar-refractivity contribution is 9.11. The number of hydrogen-bond acceptors (Lipinski definition) is 3. The normalized spacial score (nSPS) is 21.1. The fraction of sp³-hybridized carbons (Fsp3) is 0.545. The second-order valence-corrected chi connectivity index (χ2v) is 6.57. The maximum atomic E-state index is 11.9. The van der Waals surface area contributed by atoms with Crippen molar-refractivity contribution < 1.29 is 9.90 Å². The molecule has 1 saturated heterocycles. The largest absolute Gasteiger partial charge is 0.391 e. The van der Waals surface area contributed by atoms with Crippen LogP contribution in [-0.2, 0) is 11.2 Å². The summed E-state index contributed by atoms with van der Waals surface area (Å²) in [5, 5.41) is 9.50. The van der Waals surface area contributed by atoms with Gasteiger partial charge in [0.05, 0.1) is 16.3 Å². The van der Waals surface area contributed by atoms with Crippen LogP contribution in [0, 0.1) is 0 Å². The predicted molar refractivity (Wildman–Crippen MR) is 67.5 cm³/mol. The Morgan fingerprint density at radius 2 is 2.44 bits per heavy atom. The molecule has 1 amide bonds. The summed E-state index contributed by atoms with van der Waals surface area (Å²) in [6.07, 6.45) is 1.83. The van der Waals surface area contributed by atoms with Crippen LogP contribution in [-0.4, -0.2) is 35.1 Å². The molecule has 1 aliphatic heterocycles. The zero-order chi connectivity index (χ0) is 11.5. The number of nitrogens with zero attached hydrogens (tertiary/aromatic N) is 1. The first kappa shape index (κ1) is 12.1. The zero-order valence-electron chi connectivity index (χ0n) is 8.86. The van der Waals surface area contributed by atoms with Crippen LogP contribution in [0.3, 0.4) is 0 Å². The molecule has 0 saturated carbocycles. The third kappa shape index (κ3) is 3.06. The monoisotopic (exact) mass is 303 g/mol. The van der Waals surface area contributed by atoms with Crippen LogP contribution in [0.2, 0.25) is 0 Å². The summed E-state index contributed by atoms with van der Waals surface area (Å²) >= 11 is 4.97. The van der Waals surface area contributed by atoms with Crippen molar-refractivity contribution in [3.05, 3.63) is 20.8 Å². The van der Waals surface area contributed by atoms with E-state index in [1.165, 1.54) is 0 Å². The molecular weight excluding hydrogens is 290 g/mol. The minimum Gasteiger partial charge on any atom is -0.391 e. The fourth-order valence-electron chi connectivity index (χ4n) is 1.89. The summed E-state index contributed by atoms with van der Waals surface area (Å²) in [6.45, 7) is 1.27. The SMILES string of the molecule is O=C(Cc1ccc(Br)s1)N1CCCC(O)C1. The van der Waals surface area contributed by atoms with Gasteiger partial charge in [0.15, 0.2) is 0 Å². The van der Waals surface area contributed by atoms with E-state index < -0.39 is 0 Å². The molecule has 16 heavy (non-hydrogen) atoms. The molecule has 1 fully saturated rings. The van der Waals surface area contributed by atoms with Gasteiger partial charge in [0.25, 0.3) is 0 Å². The van der Waals surface area contributed by atoms with E-state index in [0.717, 1.165) is 28.0 Å². The van der Waals surface area contributed by atoms with Crippen molar-refractivity contribution in [2.75, 3.05) is 13.1 Å². The molecule has 0 aliphatic carbocycles. The molecule has 2 heterocycles. The van der Waals surface area contributed by atoms with Gasteiger partial charge in [-0.25, -0.2) is 0 Å². The molecule has 2 rings (SSSR count). The van der Waals surface area contributed by atoms with Crippen molar-refractivity contribution >= 4 is 33.2 Å². The Hall–Kier alpha value is -0.390. The highest BCUT2D eigenvalue weighted by Crippen LogP contribution is 2.23. The van der Waals surface area contributed by atoms with Gasteiger partial charge >= 0.3 is 0 Å². The van der Waals surface area contributed by atoms with Crippen LogP contribution in [0.15, 0.2) is 15.9 Å². The number of amides is 1. The number of β-amino-alcohol motifs (C(OH)–C–C–N with tert-alkyl or cyclic N) is 1. The molecular formula is C11H14BrNO2S. The van der Waals surface area contributed by atoms with Crippen LogP contribution in [0.25, 0.3) is 0 Å². The van der Waals surface area contributed by atoms with E-state index in [9.17, 15) is 9.90 Å². The van der Waals surface area contributed by atoms with Crippen molar-refractivity contribution in [2.24, 2.45) is 0 Å². The topological polar surface area (TPSA) is 40.5 Å². The number of halogens is 1. The number of piperidine rings is 1. The number of hydrogen-bond donors (Lipinski definition) is 1. The summed E-state index contributed by atoms with van der Waals surface area (Å²) in [5.74, 6) is 0.119.